The summed E-state index contributed by atoms with van der Waals surface area (Å²) in [6.45, 7) is 2.56. The maximum Gasteiger partial charge on any atom is 0.276 e. The highest BCUT2D eigenvalue weighted by Crippen LogP contribution is 2.31. The van der Waals surface area contributed by atoms with E-state index in [1.54, 1.807) is 12.1 Å². The summed E-state index contributed by atoms with van der Waals surface area (Å²) in [5.74, 6) is 1.18. The Balaban J connectivity index is 0.00000192. The molecule has 3 rings (SSSR count). The van der Waals surface area contributed by atoms with Crippen molar-refractivity contribution in [2.75, 3.05) is 26.7 Å². The Morgan fingerprint density at radius 3 is 2.83 bits per heavy atom. The van der Waals surface area contributed by atoms with Crippen LogP contribution in [0, 0.1) is 5.92 Å². The molecular formula is C15H19Cl2N3O2S. The summed E-state index contributed by atoms with van der Waals surface area (Å²) in [5, 5.41) is 7.11. The predicted molar refractivity (Wildman–Crippen MR) is 94.6 cm³/mol. The van der Waals surface area contributed by atoms with E-state index in [9.17, 15) is 4.79 Å². The number of nitrogens with one attached hydrogen (secondary N) is 1. The van der Waals surface area contributed by atoms with Crippen molar-refractivity contribution in [3.05, 3.63) is 28.2 Å². The summed E-state index contributed by atoms with van der Waals surface area (Å²) >= 11 is 7.32. The number of halogens is 2. The fourth-order valence-corrected chi connectivity index (χ4v) is 3.72. The molecule has 1 aliphatic heterocycles. The van der Waals surface area contributed by atoms with Crippen molar-refractivity contribution in [1.29, 1.82) is 0 Å². The molecule has 2 aromatic rings. The van der Waals surface area contributed by atoms with Crippen molar-refractivity contribution in [1.82, 2.24) is 15.4 Å². The molecule has 0 unspecified atom stereocenters. The molecule has 2 aromatic heterocycles. The van der Waals surface area contributed by atoms with Gasteiger partial charge in [0.15, 0.2) is 11.5 Å². The molecule has 0 atom stereocenters. The van der Waals surface area contributed by atoms with Gasteiger partial charge in [0.25, 0.3) is 5.91 Å². The molecule has 0 radical (unpaired) electrons. The highest BCUT2D eigenvalue weighted by Gasteiger charge is 2.25. The molecule has 0 aliphatic carbocycles. The van der Waals surface area contributed by atoms with Gasteiger partial charge in [-0.1, -0.05) is 16.8 Å². The quantitative estimate of drug-likeness (QED) is 0.887. The molecular weight excluding hydrogens is 357 g/mol. The van der Waals surface area contributed by atoms with E-state index in [0.717, 1.165) is 37.4 Å². The normalized spacial score (nSPS) is 15.5. The lowest BCUT2D eigenvalue weighted by molar-refractivity contribution is 0.0680. The number of amides is 1. The first-order valence-corrected chi connectivity index (χ1v) is 8.53. The molecule has 0 spiro atoms. The fraction of sp³-hybridized carbons (Fsp3) is 0.467. The van der Waals surface area contributed by atoms with Crippen molar-refractivity contribution in [2.24, 2.45) is 5.92 Å². The van der Waals surface area contributed by atoms with Crippen molar-refractivity contribution >= 4 is 41.3 Å². The number of hydrogen-bond acceptors (Lipinski definition) is 5. The van der Waals surface area contributed by atoms with Gasteiger partial charge in [-0.3, -0.25) is 4.79 Å². The summed E-state index contributed by atoms with van der Waals surface area (Å²) in [6.07, 6.45) is 2.05. The van der Waals surface area contributed by atoms with E-state index in [1.165, 1.54) is 11.3 Å². The minimum atomic E-state index is -0.0550. The zero-order valence-electron chi connectivity index (χ0n) is 12.8. The van der Waals surface area contributed by atoms with E-state index in [0.29, 0.717) is 21.7 Å². The van der Waals surface area contributed by atoms with E-state index in [-0.39, 0.29) is 18.3 Å². The summed E-state index contributed by atoms with van der Waals surface area (Å²) in [4.78, 5) is 15.2. The maximum absolute atomic E-state index is 12.5. The lowest BCUT2D eigenvalue weighted by atomic mass is 9.96. The van der Waals surface area contributed by atoms with Crippen molar-refractivity contribution in [2.45, 2.75) is 12.8 Å². The second kappa shape index (κ2) is 8.15. The topological polar surface area (TPSA) is 58.4 Å². The Hall–Kier alpha value is -1.08. The molecule has 0 bridgehead atoms. The molecule has 3 heterocycles. The van der Waals surface area contributed by atoms with Crippen molar-refractivity contribution < 1.29 is 9.32 Å². The molecule has 5 nitrogen and oxygen atoms in total. The van der Waals surface area contributed by atoms with Crippen LogP contribution in [0.1, 0.15) is 23.3 Å². The molecule has 1 N–H and O–H groups in total. The average Bonchev–Trinajstić information content (AvgIpc) is 3.16. The molecule has 1 saturated heterocycles. The van der Waals surface area contributed by atoms with E-state index in [4.69, 9.17) is 16.1 Å². The Labute approximate surface area is 150 Å². The van der Waals surface area contributed by atoms with Gasteiger partial charge in [0, 0.05) is 19.2 Å². The largest absolute Gasteiger partial charge is 0.355 e. The highest BCUT2D eigenvalue weighted by atomic mass is 35.5. The van der Waals surface area contributed by atoms with Gasteiger partial charge in [0.05, 0.1) is 9.21 Å². The van der Waals surface area contributed by atoms with Crippen LogP contribution in [0.3, 0.4) is 0 Å². The lowest BCUT2D eigenvalue weighted by Crippen LogP contribution is -2.40. The Morgan fingerprint density at radius 2 is 2.22 bits per heavy atom. The van der Waals surface area contributed by atoms with Crippen molar-refractivity contribution in [3.63, 3.8) is 0 Å². The fourth-order valence-electron chi connectivity index (χ4n) is 2.73. The van der Waals surface area contributed by atoms with Crippen LogP contribution < -0.4 is 5.32 Å². The SMILES string of the molecule is CNCC1CCN(C(=O)c2cc(-c3ccc(Cl)s3)on2)CC1.Cl. The minimum Gasteiger partial charge on any atom is -0.355 e. The second-order valence-corrected chi connectivity index (χ2v) is 7.19. The predicted octanol–water partition coefficient (Wildman–Crippen LogP) is 3.55. The molecule has 1 amide bonds. The number of nitrogens with zero attached hydrogens (tertiary/aromatic N) is 2. The highest BCUT2D eigenvalue weighted by molar-refractivity contribution is 7.19. The summed E-state index contributed by atoms with van der Waals surface area (Å²) < 4.78 is 5.97. The standard InChI is InChI=1S/C15H18ClN3O2S.ClH/c1-17-9-10-4-6-19(7-5-10)15(20)11-8-12(21-18-11)13-2-3-14(16)22-13;/h2-3,8,10,17H,4-7,9H2,1H3;1H. The van der Waals surface area contributed by atoms with Crippen LogP contribution >= 0.6 is 35.3 Å². The van der Waals surface area contributed by atoms with Gasteiger partial charge in [-0.05, 0) is 44.5 Å². The molecule has 1 fully saturated rings. The molecule has 1 aliphatic rings. The number of carbonyl (C=O) groups is 1. The van der Waals surface area contributed by atoms with Crippen LogP contribution in [-0.2, 0) is 0 Å². The van der Waals surface area contributed by atoms with Crippen LogP contribution in [0.2, 0.25) is 4.34 Å². The second-order valence-electron chi connectivity index (χ2n) is 5.47. The lowest BCUT2D eigenvalue weighted by Gasteiger charge is -2.31. The van der Waals surface area contributed by atoms with Gasteiger partial charge in [0.1, 0.15) is 0 Å². The van der Waals surface area contributed by atoms with Crippen LogP contribution in [0.25, 0.3) is 10.6 Å². The molecule has 8 heteroatoms. The van der Waals surface area contributed by atoms with Gasteiger partial charge in [0.2, 0.25) is 0 Å². The van der Waals surface area contributed by atoms with Crippen molar-refractivity contribution in [3.8, 4) is 10.6 Å². The summed E-state index contributed by atoms with van der Waals surface area (Å²) in [5.41, 5.74) is 0.367. The third-order valence-corrected chi connectivity index (χ3v) is 5.19. The maximum atomic E-state index is 12.5. The van der Waals surface area contributed by atoms with Gasteiger partial charge in [-0.2, -0.15) is 0 Å². The third-order valence-electron chi connectivity index (χ3n) is 3.94. The van der Waals surface area contributed by atoms with E-state index < -0.39 is 0 Å². The molecule has 0 saturated carbocycles. The number of rotatable bonds is 4. The van der Waals surface area contributed by atoms with Gasteiger partial charge in [-0.25, -0.2) is 0 Å². The Kier molecular flexibility index (Phi) is 6.47. The zero-order chi connectivity index (χ0) is 15.5. The van der Waals surface area contributed by atoms with Gasteiger partial charge < -0.3 is 14.7 Å². The zero-order valence-corrected chi connectivity index (χ0v) is 15.1. The van der Waals surface area contributed by atoms with Crippen LogP contribution in [0.15, 0.2) is 22.7 Å². The first-order valence-electron chi connectivity index (χ1n) is 7.33. The first-order chi connectivity index (χ1) is 10.7. The van der Waals surface area contributed by atoms with Crippen LogP contribution in [0.5, 0.6) is 0 Å². The van der Waals surface area contributed by atoms with Crippen LogP contribution in [-0.4, -0.2) is 42.6 Å². The number of likely N-dealkylation sites (tertiary alicyclic amines) is 1. The van der Waals surface area contributed by atoms with Gasteiger partial charge in [-0.15, -0.1) is 23.7 Å². The van der Waals surface area contributed by atoms with E-state index in [1.807, 2.05) is 18.0 Å². The summed E-state index contributed by atoms with van der Waals surface area (Å²) in [6, 6.07) is 5.37. The van der Waals surface area contributed by atoms with E-state index in [2.05, 4.69) is 10.5 Å². The number of thiophene rings is 1. The Bertz CT molecular complexity index is 651. The number of aromatic nitrogens is 1. The van der Waals surface area contributed by atoms with Crippen LogP contribution in [0.4, 0.5) is 0 Å². The number of piperidine rings is 1. The first kappa shape index (κ1) is 18.3. The number of carbonyl (C=O) groups excluding carboxylic acids is 1. The monoisotopic (exact) mass is 375 g/mol. The average molecular weight is 376 g/mol. The molecule has 0 aromatic carbocycles. The van der Waals surface area contributed by atoms with Gasteiger partial charge >= 0.3 is 0 Å². The minimum absolute atomic E-state index is 0. The smallest absolute Gasteiger partial charge is 0.276 e. The Morgan fingerprint density at radius 1 is 1.48 bits per heavy atom. The molecule has 126 valence electrons. The molecule has 23 heavy (non-hydrogen) atoms. The summed E-state index contributed by atoms with van der Waals surface area (Å²) in [7, 11) is 1.96. The third kappa shape index (κ3) is 4.26. The van der Waals surface area contributed by atoms with E-state index >= 15 is 0 Å². The number of hydrogen-bond donors (Lipinski definition) is 1.